The molecule has 0 bridgehead atoms. The monoisotopic (exact) mass is 482 g/mol. The van der Waals surface area contributed by atoms with E-state index in [0.717, 1.165) is 43.3 Å². The van der Waals surface area contributed by atoms with Crippen LogP contribution in [-0.2, 0) is 16.1 Å². The van der Waals surface area contributed by atoms with Crippen LogP contribution in [0.25, 0.3) is 16.8 Å². The van der Waals surface area contributed by atoms with Crippen molar-refractivity contribution in [3.8, 4) is 0 Å². The van der Waals surface area contributed by atoms with Crippen molar-refractivity contribution in [2.24, 2.45) is 0 Å². The van der Waals surface area contributed by atoms with Gasteiger partial charge in [0.25, 0.3) is 0 Å². The Morgan fingerprint density at radius 1 is 0.912 bits per heavy atom. The fourth-order valence-corrected chi connectivity index (χ4v) is 6.52. The molecule has 2 fully saturated rings. The van der Waals surface area contributed by atoms with Gasteiger partial charge in [0.2, 0.25) is 17.6 Å². The summed E-state index contributed by atoms with van der Waals surface area (Å²) in [6.45, 7) is 7.49. The van der Waals surface area contributed by atoms with Crippen molar-refractivity contribution in [1.82, 2.24) is 29.0 Å². The minimum atomic E-state index is 0.120. The predicted molar refractivity (Wildman–Crippen MR) is 134 cm³/mol. The van der Waals surface area contributed by atoms with Crippen LogP contribution in [0.5, 0.6) is 0 Å². The SMILES string of the molecule is C[C@@H]1CCCCN1C(=O)CSc1nnc2n(CC(=O)N3[C@@H](C)CCC[C@@H]3C)c3ccccc3n12. The molecule has 0 radical (unpaired) electrons. The lowest BCUT2D eigenvalue weighted by atomic mass is 9.97. The van der Waals surface area contributed by atoms with Gasteiger partial charge in [0.15, 0.2) is 5.16 Å². The molecule has 5 rings (SSSR count). The number of piperidine rings is 2. The van der Waals surface area contributed by atoms with Crippen LogP contribution in [0.2, 0.25) is 0 Å². The molecule has 0 N–H and O–H groups in total. The maximum atomic E-state index is 13.4. The van der Waals surface area contributed by atoms with E-state index in [2.05, 4.69) is 31.0 Å². The second-order valence-corrected chi connectivity index (χ2v) is 10.8. The van der Waals surface area contributed by atoms with Gasteiger partial charge in [-0.3, -0.25) is 18.6 Å². The van der Waals surface area contributed by atoms with Crippen molar-refractivity contribution in [2.75, 3.05) is 12.3 Å². The number of nitrogens with zero attached hydrogens (tertiary/aromatic N) is 6. The number of para-hydroxylation sites is 2. The largest absolute Gasteiger partial charge is 0.339 e. The van der Waals surface area contributed by atoms with Gasteiger partial charge in [0.05, 0.1) is 16.8 Å². The Hall–Kier alpha value is -2.55. The predicted octanol–water partition coefficient (Wildman–Crippen LogP) is 3.97. The number of likely N-dealkylation sites (tertiary alicyclic amines) is 2. The number of carbonyl (C=O) groups is 2. The number of benzene rings is 1. The summed E-state index contributed by atoms with van der Waals surface area (Å²) in [6.07, 6.45) is 6.60. The summed E-state index contributed by atoms with van der Waals surface area (Å²) in [6, 6.07) is 8.82. The molecule has 3 aromatic rings. The molecule has 0 aliphatic carbocycles. The van der Waals surface area contributed by atoms with Crippen LogP contribution in [0.3, 0.4) is 0 Å². The Morgan fingerprint density at radius 2 is 1.62 bits per heavy atom. The lowest BCUT2D eigenvalue weighted by Gasteiger charge is -2.39. The number of fused-ring (bicyclic) bond motifs is 3. The third kappa shape index (κ3) is 4.19. The van der Waals surface area contributed by atoms with E-state index in [1.54, 1.807) is 0 Å². The highest BCUT2D eigenvalue weighted by Gasteiger charge is 2.30. The normalized spacial score (nSPS) is 23.7. The highest BCUT2D eigenvalue weighted by atomic mass is 32.2. The molecule has 9 heteroatoms. The molecule has 2 aromatic heterocycles. The number of carbonyl (C=O) groups excluding carboxylic acids is 2. The van der Waals surface area contributed by atoms with Gasteiger partial charge in [0, 0.05) is 24.7 Å². The van der Waals surface area contributed by atoms with Crippen molar-refractivity contribution >= 4 is 40.4 Å². The van der Waals surface area contributed by atoms with Gasteiger partial charge in [-0.1, -0.05) is 23.9 Å². The molecule has 2 saturated heterocycles. The minimum absolute atomic E-state index is 0.120. The molecule has 182 valence electrons. The zero-order valence-electron chi connectivity index (χ0n) is 20.3. The van der Waals surface area contributed by atoms with Crippen LogP contribution in [0.1, 0.15) is 59.3 Å². The van der Waals surface area contributed by atoms with Crippen molar-refractivity contribution < 1.29 is 9.59 Å². The van der Waals surface area contributed by atoms with Crippen LogP contribution < -0.4 is 0 Å². The van der Waals surface area contributed by atoms with Crippen LogP contribution in [0, 0.1) is 0 Å². The highest BCUT2D eigenvalue weighted by Crippen LogP contribution is 2.28. The van der Waals surface area contributed by atoms with Crippen molar-refractivity contribution in [2.45, 2.75) is 89.1 Å². The first-order chi connectivity index (χ1) is 16.5. The number of rotatable bonds is 5. The van der Waals surface area contributed by atoms with Crippen LogP contribution in [0.15, 0.2) is 29.4 Å². The first-order valence-electron chi connectivity index (χ1n) is 12.5. The zero-order valence-corrected chi connectivity index (χ0v) is 21.1. The first kappa shape index (κ1) is 23.2. The van der Waals surface area contributed by atoms with E-state index in [4.69, 9.17) is 0 Å². The molecular weight excluding hydrogens is 448 g/mol. The van der Waals surface area contributed by atoms with E-state index in [1.807, 2.05) is 43.0 Å². The Morgan fingerprint density at radius 3 is 2.35 bits per heavy atom. The fourth-order valence-electron chi connectivity index (χ4n) is 5.69. The van der Waals surface area contributed by atoms with Gasteiger partial charge in [-0.25, -0.2) is 0 Å². The smallest absolute Gasteiger partial charge is 0.243 e. The highest BCUT2D eigenvalue weighted by molar-refractivity contribution is 7.99. The Bertz CT molecular complexity index is 1190. The first-order valence-corrected chi connectivity index (χ1v) is 13.5. The summed E-state index contributed by atoms with van der Waals surface area (Å²) >= 11 is 1.43. The summed E-state index contributed by atoms with van der Waals surface area (Å²) < 4.78 is 3.96. The number of aromatic nitrogens is 4. The summed E-state index contributed by atoms with van der Waals surface area (Å²) in [4.78, 5) is 30.3. The number of hydrogen-bond donors (Lipinski definition) is 0. The summed E-state index contributed by atoms with van der Waals surface area (Å²) in [5.41, 5.74) is 1.91. The van der Waals surface area contributed by atoms with E-state index in [9.17, 15) is 9.59 Å². The van der Waals surface area contributed by atoms with E-state index in [0.29, 0.717) is 22.7 Å². The summed E-state index contributed by atoms with van der Waals surface area (Å²) in [5, 5.41) is 9.56. The standard InChI is InChI=1S/C25H34N6O2S/c1-17-9-6-7-14-28(17)23(33)16-34-25-27-26-24-29(20-12-4-5-13-21(20)31(24)25)15-22(32)30-18(2)10-8-11-19(30)3/h4-5,12-13,17-19H,6-11,14-16H2,1-3H3/t17-,18+,19+/m1/s1. The maximum Gasteiger partial charge on any atom is 0.243 e. The Kier molecular flexibility index (Phi) is 6.55. The summed E-state index contributed by atoms with van der Waals surface area (Å²) in [5.74, 6) is 1.26. The molecule has 8 nitrogen and oxygen atoms in total. The molecule has 34 heavy (non-hydrogen) atoms. The van der Waals surface area contributed by atoms with Gasteiger partial charge >= 0.3 is 0 Å². The Labute approximate surface area is 204 Å². The molecule has 1 aromatic carbocycles. The summed E-state index contributed by atoms with van der Waals surface area (Å²) in [7, 11) is 0. The lowest BCUT2D eigenvalue weighted by molar-refractivity contribution is -0.137. The van der Waals surface area contributed by atoms with Crippen molar-refractivity contribution in [3.05, 3.63) is 24.3 Å². The molecule has 0 unspecified atom stereocenters. The molecule has 0 saturated carbocycles. The number of hydrogen-bond acceptors (Lipinski definition) is 5. The quantitative estimate of drug-likeness (QED) is 0.515. The van der Waals surface area contributed by atoms with Gasteiger partial charge in [-0.2, -0.15) is 0 Å². The zero-order chi connectivity index (χ0) is 23.8. The van der Waals surface area contributed by atoms with Gasteiger partial charge < -0.3 is 9.80 Å². The van der Waals surface area contributed by atoms with E-state index < -0.39 is 0 Å². The van der Waals surface area contributed by atoms with Gasteiger partial charge in [-0.15, -0.1) is 10.2 Å². The van der Waals surface area contributed by atoms with Crippen LogP contribution in [0.4, 0.5) is 0 Å². The van der Waals surface area contributed by atoms with Gasteiger partial charge in [0.1, 0.15) is 6.54 Å². The number of imidazole rings is 1. The van der Waals surface area contributed by atoms with Gasteiger partial charge in [-0.05, 0) is 71.4 Å². The number of amides is 2. The average Bonchev–Trinajstić information content (AvgIpc) is 3.37. The third-order valence-electron chi connectivity index (χ3n) is 7.49. The van der Waals surface area contributed by atoms with E-state index >= 15 is 0 Å². The van der Waals surface area contributed by atoms with E-state index in [-0.39, 0.29) is 30.4 Å². The second kappa shape index (κ2) is 9.60. The van der Waals surface area contributed by atoms with Crippen LogP contribution >= 0.6 is 11.8 Å². The fraction of sp³-hybridized carbons (Fsp3) is 0.600. The maximum absolute atomic E-state index is 13.4. The molecular formula is C25H34N6O2S. The Balaban J connectivity index is 1.41. The minimum Gasteiger partial charge on any atom is -0.339 e. The lowest BCUT2D eigenvalue weighted by Crippen LogP contribution is -2.48. The average molecular weight is 483 g/mol. The molecule has 4 heterocycles. The number of thioether (sulfide) groups is 1. The van der Waals surface area contributed by atoms with Crippen molar-refractivity contribution in [3.63, 3.8) is 0 Å². The molecule has 2 amide bonds. The second-order valence-electron chi connectivity index (χ2n) is 9.84. The third-order valence-corrected chi connectivity index (χ3v) is 8.41. The van der Waals surface area contributed by atoms with Crippen molar-refractivity contribution in [1.29, 1.82) is 0 Å². The molecule has 2 aliphatic rings. The molecule has 3 atom stereocenters. The topological polar surface area (TPSA) is 75.7 Å². The van der Waals surface area contributed by atoms with Crippen LogP contribution in [-0.4, -0.2) is 71.2 Å². The molecule has 2 aliphatic heterocycles. The molecule has 0 spiro atoms. The van der Waals surface area contributed by atoms with E-state index in [1.165, 1.54) is 24.6 Å².